The number of sulfonamides is 1. The van der Waals surface area contributed by atoms with Gasteiger partial charge in [0.1, 0.15) is 5.60 Å². The molecule has 4 aliphatic rings. The molecule has 1 N–H and O–H groups in total. The number of carbonyl (C=O) groups is 1. The van der Waals surface area contributed by atoms with Crippen molar-refractivity contribution >= 4 is 21.5 Å². The van der Waals surface area contributed by atoms with Crippen LogP contribution in [-0.4, -0.2) is 57.4 Å². The second kappa shape index (κ2) is 10.8. The van der Waals surface area contributed by atoms with Crippen LogP contribution in [0.15, 0.2) is 76.2 Å². The van der Waals surface area contributed by atoms with E-state index in [1.54, 1.807) is 24.3 Å². The number of hydrogen-bond acceptors (Lipinski definition) is 5. The van der Waals surface area contributed by atoms with Gasteiger partial charge in [-0.15, -0.1) is 0 Å². The number of allylic oxidation sites excluding steroid dienone is 4. The normalized spacial score (nSPS) is 30.2. The van der Waals surface area contributed by atoms with Gasteiger partial charge in [-0.3, -0.25) is 4.79 Å². The quantitative estimate of drug-likeness (QED) is 0.458. The minimum Gasteiger partial charge on any atom is -0.378 e. The van der Waals surface area contributed by atoms with Crippen LogP contribution < -0.4 is 4.90 Å². The van der Waals surface area contributed by atoms with Gasteiger partial charge in [-0.25, -0.2) is 12.7 Å². The largest absolute Gasteiger partial charge is 0.378 e. The number of rotatable bonds is 4. The molecule has 2 aromatic carbocycles. The van der Waals surface area contributed by atoms with Crippen LogP contribution in [0.3, 0.4) is 0 Å². The summed E-state index contributed by atoms with van der Waals surface area (Å²) in [4.78, 5) is 14.7. The van der Waals surface area contributed by atoms with Crippen molar-refractivity contribution in [1.82, 2.24) is 4.31 Å². The van der Waals surface area contributed by atoms with E-state index >= 15 is 0 Å². The molecule has 6 nitrogen and oxygen atoms in total. The maximum Gasteiger partial charge on any atom is 0.242 e. The van der Waals surface area contributed by atoms with Crippen LogP contribution >= 0.6 is 0 Å². The summed E-state index contributed by atoms with van der Waals surface area (Å²) in [7, 11) is 3.61. The molecule has 226 valence electrons. The first kappa shape index (κ1) is 29.9. The number of aliphatic hydroxyl groups is 1. The van der Waals surface area contributed by atoms with E-state index in [1.807, 2.05) is 20.2 Å². The molecule has 2 unspecified atom stereocenters. The molecule has 0 radical (unpaired) electrons. The van der Waals surface area contributed by atoms with Gasteiger partial charge < -0.3 is 10.0 Å². The van der Waals surface area contributed by atoms with Gasteiger partial charge in [-0.05, 0) is 110 Å². The Labute approximate surface area is 256 Å². The lowest BCUT2D eigenvalue weighted by molar-refractivity contribution is -0.114. The van der Waals surface area contributed by atoms with E-state index < -0.39 is 21.0 Å². The second-order valence-corrected chi connectivity index (χ2v) is 15.6. The Bertz CT molecular complexity index is 1670. The predicted molar refractivity (Wildman–Crippen MR) is 170 cm³/mol. The van der Waals surface area contributed by atoms with Gasteiger partial charge in [0, 0.05) is 57.2 Å². The van der Waals surface area contributed by atoms with Crippen molar-refractivity contribution in [1.29, 1.82) is 0 Å². The minimum absolute atomic E-state index is 0.149. The molecular weight excluding hydrogens is 556 g/mol. The third-order valence-electron chi connectivity index (χ3n) is 10.7. The fraction of sp³-hybridized carbons (Fsp3) is 0.472. The summed E-state index contributed by atoms with van der Waals surface area (Å²) in [6.07, 6.45) is 7.52. The van der Waals surface area contributed by atoms with Crippen molar-refractivity contribution in [3.63, 3.8) is 0 Å². The van der Waals surface area contributed by atoms with Crippen LogP contribution in [0.5, 0.6) is 0 Å². The molecule has 0 bridgehead atoms. The number of fused-ring (bicyclic) bond motifs is 4. The average Bonchev–Trinajstić information content (AvgIpc) is 3.25. The third-order valence-corrected chi connectivity index (χ3v) is 12.6. The lowest BCUT2D eigenvalue weighted by Crippen LogP contribution is -2.51. The van der Waals surface area contributed by atoms with Crippen LogP contribution in [0.1, 0.15) is 68.9 Å². The number of hydrogen-bond donors (Lipinski definition) is 1. The van der Waals surface area contributed by atoms with Crippen LogP contribution in [-0.2, 0) is 14.8 Å². The summed E-state index contributed by atoms with van der Waals surface area (Å²) >= 11 is 0. The van der Waals surface area contributed by atoms with Gasteiger partial charge in [-0.2, -0.15) is 0 Å². The average molecular weight is 599 g/mol. The zero-order valence-electron chi connectivity index (χ0n) is 25.9. The van der Waals surface area contributed by atoms with E-state index in [4.69, 9.17) is 0 Å². The monoisotopic (exact) mass is 598 g/mol. The Morgan fingerprint density at radius 3 is 2.28 bits per heavy atom. The molecule has 0 amide bonds. The van der Waals surface area contributed by atoms with Crippen molar-refractivity contribution < 1.29 is 18.3 Å². The van der Waals surface area contributed by atoms with Crippen LogP contribution in [0, 0.1) is 29.1 Å². The molecule has 0 spiro atoms. The van der Waals surface area contributed by atoms with Crippen LogP contribution in [0.25, 0.3) is 0 Å². The zero-order chi connectivity index (χ0) is 30.7. The maximum absolute atomic E-state index is 12.5. The molecule has 2 aromatic rings. The van der Waals surface area contributed by atoms with Crippen molar-refractivity contribution in [3.8, 4) is 11.8 Å². The zero-order valence-corrected chi connectivity index (χ0v) is 26.7. The molecule has 43 heavy (non-hydrogen) atoms. The Balaban J connectivity index is 1.40. The Hall–Kier alpha value is -3.18. The van der Waals surface area contributed by atoms with Crippen LogP contribution in [0.2, 0.25) is 0 Å². The van der Waals surface area contributed by atoms with Crippen molar-refractivity contribution in [3.05, 3.63) is 82.5 Å². The summed E-state index contributed by atoms with van der Waals surface area (Å²) in [6, 6.07) is 15.4. The molecular formula is C36H42N2O4S. The van der Waals surface area contributed by atoms with Gasteiger partial charge in [0.15, 0.2) is 5.78 Å². The van der Waals surface area contributed by atoms with Crippen molar-refractivity contribution in [2.75, 3.05) is 33.1 Å². The maximum atomic E-state index is 12.5. The molecule has 0 heterocycles. The van der Waals surface area contributed by atoms with E-state index in [1.165, 1.54) is 40.7 Å². The standard InChI is InChI=1S/C36H42N2O4S/c1-35-23-32(25-8-11-27(12-9-25)37(2)3)34-30-17-13-28(39)22-26(30)10-16-31(34)33(35)19-21-36(35,40)20-18-24-6-14-29(15-7-24)43(41,42)38(4)5/h6-9,11-12,14-15,22,31-33,40H,10,13,16-17,19,21,23H2,1-5H3/t31?,32-,33?,35+,36+/m1/s1. The Morgan fingerprint density at radius 1 is 0.930 bits per heavy atom. The SMILES string of the molecule is CN(C)c1ccc([C@H]2C[C@@]3(C)C(CC[C@@]3(O)C#Cc3ccc(S(=O)(=O)N(C)C)cc3)C3CCC4=CC(=O)CCC4=C32)cc1. The Kier molecular flexibility index (Phi) is 7.48. The summed E-state index contributed by atoms with van der Waals surface area (Å²) < 4.78 is 26.2. The fourth-order valence-electron chi connectivity index (χ4n) is 8.27. The number of nitrogens with zero attached hydrogens (tertiary/aromatic N) is 2. The molecule has 7 heteroatoms. The molecule has 5 atom stereocenters. The summed E-state index contributed by atoms with van der Waals surface area (Å²) in [5, 5.41) is 12.3. The first-order valence-electron chi connectivity index (χ1n) is 15.4. The summed E-state index contributed by atoms with van der Waals surface area (Å²) in [5.41, 5.74) is 5.64. The predicted octanol–water partition coefficient (Wildman–Crippen LogP) is 5.69. The lowest BCUT2D eigenvalue weighted by Gasteiger charge is -2.53. The molecule has 6 rings (SSSR count). The topological polar surface area (TPSA) is 77.9 Å². The number of anilines is 1. The number of carbonyl (C=O) groups excluding carboxylic acids is 1. The van der Waals surface area contributed by atoms with Gasteiger partial charge in [0.25, 0.3) is 0 Å². The summed E-state index contributed by atoms with van der Waals surface area (Å²) in [6.45, 7) is 2.24. The van der Waals surface area contributed by atoms with Gasteiger partial charge in [-0.1, -0.05) is 36.5 Å². The van der Waals surface area contributed by atoms with Gasteiger partial charge in [0.05, 0.1) is 4.90 Å². The second-order valence-electron chi connectivity index (χ2n) is 13.4. The number of benzene rings is 2. The van der Waals surface area contributed by atoms with Crippen molar-refractivity contribution in [2.45, 2.75) is 68.3 Å². The molecule has 0 saturated heterocycles. The molecule has 0 aliphatic heterocycles. The molecule has 4 aliphatic carbocycles. The van der Waals surface area contributed by atoms with Crippen molar-refractivity contribution in [2.24, 2.45) is 17.3 Å². The van der Waals surface area contributed by atoms with E-state index in [2.05, 4.69) is 47.9 Å². The van der Waals surface area contributed by atoms with E-state index in [9.17, 15) is 18.3 Å². The molecule has 0 aromatic heterocycles. The molecule has 2 fully saturated rings. The minimum atomic E-state index is -3.52. The highest BCUT2D eigenvalue weighted by Gasteiger charge is 2.62. The first-order valence-corrected chi connectivity index (χ1v) is 16.8. The van der Waals surface area contributed by atoms with Gasteiger partial charge in [0.2, 0.25) is 10.0 Å². The van der Waals surface area contributed by atoms with Gasteiger partial charge >= 0.3 is 0 Å². The highest BCUT2D eigenvalue weighted by molar-refractivity contribution is 7.89. The van der Waals surface area contributed by atoms with E-state index in [0.717, 1.165) is 37.8 Å². The Morgan fingerprint density at radius 2 is 1.63 bits per heavy atom. The highest BCUT2D eigenvalue weighted by atomic mass is 32.2. The highest BCUT2D eigenvalue weighted by Crippen LogP contribution is 2.66. The smallest absolute Gasteiger partial charge is 0.242 e. The fourth-order valence-corrected chi connectivity index (χ4v) is 9.17. The van der Waals surface area contributed by atoms with E-state index in [0.29, 0.717) is 30.2 Å². The first-order chi connectivity index (χ1) is 20.3. The number of ketones is 1. The van der Waals surface area contributed by atoms with Crippen LogP contribution in [0.4, 0.5) is 5.69 Å². The third kappa shape index (κ3) is 4.98. The molecule has 2 saturated carbocycles. The van der Waals surface area contributed by atoms with E-state index in [-0.39, 0.29) is 16.6 Å². The lowest BCUT2D eigenvalue weighted by atomic mass is 9.51. The summed E-state index contributed by atoms with van der Waals surface area (Å²) in [5.74, 6) is 7.58.